The van der Waals surface area contributed by atoms with E-state index in [9.17, 15) is 15.0 Å². The first-order valence-electron chi connectivity index (χ1n) is 27.7. The minimum Gasteiger partial charge on any atom is -0.394 e. The molecule has 0 bridgehead atoms. The third-order valence-corrected chi connectivity index (χ3v) is 12.9. The van der Waals surface area contributed by atoms with Crippen LogP contribution in [0.4, 0.5) is 0 Å². The number of hydrogen-bond acceptors (Lipinski definition) is 3. The van der Waals surface area contributed by atoms with Crippen LogP contribution in [0.25, 0.3) is 0 Å². The quantitative estimate of drug-likeness (QED) is 0.0422. The molecule has 0 fully saturated rings. The van der Waals surface area contributed by atoms with Gasteiger partial charge in [-0.2, -0.15) is 0 Å². The lowest BCUT2D eigenvalue weighted by Crippen LogP contribution is -2.45. The number of hydrogen-bond donors (Lipinski definition) is 3. The summed E-state index contributed by atoms with van der Waals surface area (Å²) in [5.41, 5.74) is 0. The number of aliphatic hydroxyl groups is 2. The highest BCUT2D eigenvalue weighted by molar-refractivity contribution is 5.76. The molecule has 360 valence electrons. The van der Waals surface area contributed by atoms with Gasteiger partial charge in [0.1, 0.15) is 0 Å². The molecule has 0 aliphatic rings. The second kappa shape index (κ2) is 53.0. The fourth-order valence-corrected chi connectivity index (χ4v) is 8.62. The van der Waals surface area contributed by atoms with E-state index in [1.165, 1.54) is 250 Å². The molecule has 0 saturated heterocycles. The molecule has 0 aliphatic heterocycles. The highest BCUT2D eigenvalue weighted by atomic mass is 16.3. The van der Waals surface area contributed by atoms with Gasteiger partial charge < -0.3 is 15.5 Å². The number of amides is 1. The lowest BCUT2D eigenvalue weighted by atomic mass is 10.0. The van der Waals surface area contributed by atoms with Crippen LogP contribution < -0.4 is 5.32 Å². The van der Waals surface area contributed by atoms with E-state index in [4.69, 9.17) is 0 Å². The molecule has 0 aromatic carbocycles. The van der Waals surface area contributed by atoms with Crippen molar-refractivity contribution in [3.8, 4) is 0 Å². The summed E-state index contributed by atoms with van der Waals surface area (Å²) < 4.78 is 0. The Morgan fingerprint density at radius 2 is 0.672 bits per heavy atom. The van der Waals surface area contributed by atoms with Gasteiger partial charge in [0.15, 0.2) is 0 Å². The molecule has 4 nitrogen and oxygen atoms in total. The van der Waals surface area contributed by atoms with Gasteiger partial charge in [-0.05, 0) is 51.4 Å². The lowest BCUT2D eigenvalue weighted by molar-refractivity contribution is -0.123. The lowest BCUT2D eigenvalue weighted by Gasteiger charge is -2.20. The first kappa shape index (κ1) is 59.6. The maximum Gasteiger partial charge on any atom is 0.220 e. The first-order valence-corrected chi connectivity index (χ1v) is 27.7. The molecule has 0 aromatic rings. The molecule has 1 amide bonds. The maximum absolute atomic E-state index is 12.4. The van der Waals surface area contributed by atoms with Gasteiger partial charge in [0.2, 0.25) is 5.91 Å². The number of aliphatic hydroxyl groups excluding tert-OH is 2. The Labute approximate surface area is 382 Å². The summed E-state index contributed by atoms with van der Waals surface area (Å²) in [6.45, 7) is 4.33. The van der Waals surface area contributed by atoms with Crippen LogP contribution >= 0.6 is 0 Å². The van der Waals surface area contributed by atoms with E-state index < -0.39 is 12.1 Å². The summed E-state index contributed by atoms with van der Waals surface area (Å²) in [4.78, 5) is 12.4. The Balaban J connectivity index is 3.43. The molecule has 0 saturated carbocycles. The summed E-state index contributed by atoms with van der Waals surface area (Å²) >= 11 is 0. The van der Waals surface area contributed by atoms with Gasteiger partial charge >= 0.3 is 0 Å². The topological polar surface area (TPSA) is 69.6 Å². The Hall–Kier alpha value is -1.39. The van der Waals surface area contributed by atoms with Crippen molar-refractivity contribution in [2.45, 2.75) is 315 Å². The van der Waals surface area contributed by atoms with Crippen molar-refractivity contribution >= 4 is 5.91 Å². The summed E-state index contributed by atoms with van der Waals surface area (Å²) in [7, 11) is 0. The highest BCUT2D eigenvalue weighted by Gasteiger charge is 2.18. The molecular weight excluding hydrogens is 747 g/mol. The van der Waals surface area contributed by atoms with E-state index >= 15 is 0 Å². The summed E-state index contributed by atoms with van der Waals surface area (Å²) in [5.74, 6) is -0.0608. The number of unbranched alkanes of at least 4 members (excludes halogenated alkanes) is 40. The number of allylic oxidation sites excluding steroid dienone is 5. The number of rotatable bonds is 51. The van der Waals surface area contributed by atoms with Crippen molar-refractivity contribution in [2.24, 2.45) is 0 Å². The number of nitrogens with one attached hydrogen (secondary N) is 1. The molecule has 3 N–H and O–H groups in total. The van der Waals surface area contributed by atoms with Crippen molar-refractivity contribution in [1.29, 1.82) is 0 Å². The van der Waals surface area contributed by atoms with Gasteiger partial charge in [-0.25, -0.2) is 0 Å². The van der Waals surface area contributed by atoms with E-state index in [2.05, 4.69) is 43.5 Å². The zero-order valence-corrected chi connectivity index (χ0v) is 41.4. The van der Waals surface area contributed by atoms with E-state index in [1.807, 2.05) is 6.08 Å². The molecule has 0 spiro atoms. The van der Waals surface area contributed by atoms with E-state index in [-0.39, 0.29) is 12.5 Å². The molecule has 0 aromatic heterocycles. The van der Waals surface area contributed by atoms with Crippen molar-refractivity contribution in [3.63, 3.8) is 0 Å². The number of carbonyl (C=O) groups is 1. The first-order chi connectivity index (χ1) is 30.2. The normalized spacial score (nSPS) is 13.0. The standard InChI is InChI=1S/C57H109NO3/c1-3-5-7-9-11-13-15-17-19-20-21-22-23-24-25-26-27-28-29-30-31-32-33-34-35-36-37-38-39-41-43-45-47-49-51-53-57(61)58-55(54-59)56(60)52-50-48-46-44-42-40-18-16-14-12-10-8-6-4-2/h23-24,26-27,50,52,55-56,59-60H,3-22,25,28-49,51,53-54H2,1-2H3,(H,58,61)/b24-23-,27-26-,52-50+. The average molecular weight is 857 g/mol. The minimum atomic E-state index is -0.837. The van der Waals surface area contributed by atoms with Crippen LogP contribution in [0.5, 0.6) is 0 Å². The number of carbonyl (C=O) groups excluding carboxylic acids is 1. The minimum absolute atomic E-state index is 0.0608. The average Bonchev–Trinajstić information content (AvgIpc) is 3.26. The van der Waals surface area contributed by atoms with Gasteiger partial charge in [0.05, 0.1) is 18.8 Å². The van der Waals surface area contributed by atoms with Gasteiger partial charge in [0, 0.05) is 6.42 Å². The molecule has 61 heavy (non-hydrogen) atoms. The predicted octanol–water partition coefficient (Wildman–Crippen LogP) is 18.1. The smallest absolute Gasteiger partial charge is 0.220 e. The van der Waals surface area contributed by atoms with Crippen molar-refractivity contribution < 1.29 is 15.0 Å². The zero-order valence-electron chi connectivity index (χ0n) is 41.4. The Bertz CT molecular complexity index is 928. The molecule has 0 radical (unpaired) electrons. The second-order valence-electron chi connectivity index (χ2n) is 19.0. The van der Waals surface area contributed by atoms with Crippen LogP contribution in [0.1, 0.15) is 303 Å². The van der Waals surface area contributed by atoms with Crippen molar-refractivity contribution in [1.82, 2.24) is 5.32 Å². The van der Waals surface area contributed by atoms with Crippen LogP contribution in [0.3, 0.4) is 0 Å². The molecule has 0 rings (SSSR count). The Morgan fingerprint density at radius 3 is 0.984 bits per heavy atom. The fraction of sp³-hybridized carbons (Fsp3) is 0.877. The summed E-state index contributed by atoms with van der Waals surface area (Å²) in [6.07, 6.45) is 71.7. The molecule has 2 atom stereocenters. The molecule has 0 aliphatic carbocycles. The zero-order chi connectivity index (χ0) is 44.2. The molecule has 4 heteroatoms. The fourth-order valence-electron chi connectivity index (χ4n) is 8.62. The SMILES string of the molecule is CCCCCCCCCCCCC/C=C\C/C=C\CCCCCCCCCCCCCCCCCCCC(=O)NC(CO)C(O)/C=C/CCCCCCCCCCCCCC. The highest BCUT2D eigenvalue weighted by Crippen LogP contribution is 2.17. The summed E-state index contributed by atoms with van der Waals surface area (Å²) in [5, 5.41) is 23.1. The molecule has 0 heterocycles. The van der Waals surface area contributed by atoms with Crippen LogP contribution in [0.15, 0.2) is 36.5 Å². The third-order valence-electron chi connectivity index (χ3n) is 12.9. The van der Waals surface area contributed by atoms with Crippen LogP contribution in [-0.2, 0) is 4.79 Å². The van der Waals surface area contributed by atoms with E-state index in [0.717, 1.165) is 32.1 Å². The van der Waals surface area contributed by atoms with E-state index in [0.29, 0.717) is 6.42 Å². The Morgan fingerprint density at radius 1 is 0.393 bits per heavy atom. The van der Waals surface area contributed by atoms with Crippen LogP contribution in [-0.4, -0.2) is 34.9 Å². The van der Waals surface area contributed by atoms with Crippen molar-refractivity contribution in [3.05, 3.63) is 36.5 Å². The second-order valence-corrected chi connectivity index (χ2v) is 19.0. The van der Waals surface area contributed by atoms with Gasteiger partial charge in [0.25, 0.3) is 0 Å². The molecule has 2 unspecified atom stereocenters. The maximum atomic E-state index is 12.4. The largest absolute Gasteiger partial charge is 0.394 e. The monoisotopic (exact) mass is 856 g/mol. The summed E-state index contributed by atoms with van der Waals surface area (Å²) in [6, 6.07) is -0.620. The van der Waals surface area contributed by atoms with Crippen molar-refractivity contribution in [2.75, 3.05) is 6.61 Å². The Kier molecular flexibility index (Phi) is 51.7. The van der Waals surface area contributed by atoms with Gasteiger partial charge in [-0.15, -0.1) is 0 Å². The van der Waals surface area contributed by atoms with Crippen LogP contribution in [0, 0.1) is 0 Å². The van der Waals surface area contributed by atoms with Crippen LogP contribution in [0.2, 0.25) is 0 Å². The predicted molar refractivity (Wildman–Crippen MR) is 272 cm³/mol. The van der Waals surface area contributed by atoms with Gasteiger partial charge in [-0.3, -0.25) is 4.79 Å². The third kappa shape index (κ3) is 49.5. The molecular formula is C57H109NO3. The van der Waals surface area contributed by atoms with E-state index in [1.54, 1.807) is 6.08 Å². The van der Waals surface area contributed by atoms with Gasteiger partial charge in [-0.1, -0.05) is 281 Å².